The Morgan fingerprint density at radius 3 is 2.52 bits per heavy atom. The number of para-hydroxylation sites is 1. The largest absolute Gasteiger partial charge is 0.465 e. The average molecular weight is 329 g/mol. The maximum atomic E-state index is 12.2. The molecule has 4 nitrogen and oxygen atoms in total. The second kappa shape index (κ2) is 8.39. The van der Waals surface area contributed by atoms with Gasteiger partial charge in [-0.2, -0.15) is 0 Å². The summed E-state index contributed by atoms with van der Waals surface area (Å²) in [7, 11) is 3.14. The SMILES string of the molecule is COC(=O)c1cccc(CSCC(=O)N(C)c2ccccc2)c1. The van der Waals surface area contributed by atoms with Crippen molar-refractivity contribution in [1.29, 1.82) is 0 Å². The molecule has 0 bridgehead atoms. The number of rotatable bonds is 6. The first kappa shape index (κ1) is 17.1. The predicted molar refractivity (Wildman–Crippen MR) is 93.8 cm³/mol. The number of carbonyl (C=O) groups is 2. The Labute approximate surface area is 140 Å². The Bertz CT molecular complexity index is 673. The molecule has 0 saturated carbocycles. The number of nitrogens with zero attached hydrogens (tertiary/aromatic N) is 1. The van der Waals surface area contributed by atoms with E-state index in [0.717, 1.165) is 11.3 Å². The number of hydrogen-bond donors (Lipinski definition) is 0. The average Bonchev–Trinajstić information content (AvgIpc) is 2.61. The molecule has 0 N–H and O–H groups in total. The number of carbonyl (C=O) groups excluding carboxylic acids is 2. The van der Waals surface area contributed by atoms with E-state index in [1.165, 1.54) is 18.9 Å². The summed E-state index contributed by atoms with van der Waals surface area (Å²) in [5.41, 5.74) is 2.40. The summed E-state index contributed by atoms with van der Waals surface area (Å²) in [6.45, 7) is 0. The lowest BCUT2D eigenvalue weighted by Gasteiger charge is -2.17. The van der Waals surface area contributed by atoms with Gasteiger partial charge < -0.3 is 9.64 Å². The van der Waals surface area contributed by atoms with Crippen molar-refractivity contribution in [3.63, 3.8) is 0 Å². The van der Waals surface area contributed by atoms with Crippen LogP contribution in [0, 0.1) is 0 Å². The lowest BCUT2D eigenvalue weighted by atomic mass is 10.1. The summed E-state index contributed by atoms with van der Waals surface area (Å²) in [5.74, 6) is 0.745. The van der Waals surface area contributed by atoms with Gasteiger partial charge in [-0.1, -0.05) is 30.3 Å². The third-order valence-corrected chi connectivity index (χ3v) is 4.35. The van der Waals surface area contributed by atoms with Crippen molar-refractivity contribution in [2.45, 2.75) is 5.75 Å². The number of ether oxygens (including phenoxy) is 1. The molecule has 0 spiro atoms. The molecule has 0 unspecified atom stereocenters. The quantitative estimate of drug-likeness (QED) is 0.762. The van der Waals surface area contributed by atoms with Gasteiger partial charge in [-0.25, -0.2) is 4.79 Å². The van der Waals surface area contributed by atoms with E-state index in [9.17, 15) is 9.59 Å². The number of thioether (sulfide) groups is 1. The molecule has 0 aliphatic heterocycles. The summed E-state index contributed by atoms with van der Waals surface area (Å²) in [6, 6.07) is 16.8. The number of esters is 1. The normalized spacial score (nSPS) is 10.2. The summed E-state index contributed by atoms with van der Waals surface area (Å²) >= 11 is 1.52. The molecule has 1 amide bonds. The molecule has 2 aromatic carbocycles. The van der Waals surface area contributed by atoms with Crippen molar-refractivity contribution in [3.05, 3.63) is 65.7 Å². The lowest BCUT2D eigenvalue weighted by Crippen LogP contribution is -2.27. The first-order valence-corrected chi connectivity index (χ1v) is 8.34. The van der Waals surface area contributed by atoms with Crippen LogP contribution in [0.4, 0.5) is 5.69 Å². The molecule has 2 rings (SSSR count). The van der Waals surface area contributed by atoms with E-state index < -0.39 is 0 Å². The summed E-state index contributed by atoms with van der Waals surface area (Å²) in [5, 5.41) is 0. The van der Waals surface area contributed by atoms with Crippen molar-refractivity contribution in [2.75, 3.05) is 24.8 Å². The van der Waals surface area contributed by atoms with Crippen LogP contribution < -0.4 is 4.90 Å². The zero-order valence-electron chi connectivity index (χ0n) is 13.2. The van der Waals surface area contributed by atoms with Gasteiger partial charge in [-0.15, -0.1) is 11.8 Å². The fourth-order valence-corrected chi connectivity index (χ4v) is 2.94. The Hall–Kier alpha value is -2.27. The predicted octanol–water partition coefficient (Wildman–Crippen LogP) is 3.37. The Morgan fingerprint density at radius 2 is 1.83 bits per heavy atom. The molecule has 0 fully saturated rings. The molecule has 0 radical (unpaired) electrons. The van der Waals surface area contributed by atoms with E-state index >= 15 is 0 Å². The van der Waals surface area contributed by atoms with Gasteiger partial charge in [-0.05, 0) is 29.8 Å². The highest BCUT2D eigenvalue weighted by atomic mass is 32.2. The Balaban J connectivity index is 1.87. The number of hydrogen-bond acceptors (Lipinski definition) is 4. The van der Waals surface area contributed by atoms with Crippen molar-refractivity contribution < 1.29 is 14.3 Å². The molecular weight excluding hydrogens is 310 g/mol. The highest BCUT2D eigenvalue weighted by molar-refractivity contribution is 7.99. The smallest absolute Gasteiger partial charge is 0.337 e. The molecule has 0 aliphatic carbocycles. The van der Waals surface area contributed by atoms with Crippen LogP contribution >= 0.6 is 11.8 Å². The maximum Gasteiger partial charge on any atom is 0.337 e. The van der Waals surface area contributed by atoms with E-state index in [-0.39, 0.29) is 11.9 Å². The number of anilines is 1. The van der Waals surface area contributed by atoms with Crippen LogP contribution in [0.2, 0.25) is 0 Å². The second-order valence-electron chi connectivity index (χ2n) is 4.97. The first-order chi connectivity index (χ1) is 11.1. The fourth-order valence-electron chi connectivity index (χ4n) is 2.05. The van der Waals surface area contributed by atoms with Gasteiger partial charge in [0.05, 0.1) is 18.4 Å². The molecule has 120 valence electrons. The van der Waals surface area contributed by atoms with Gasteiger partial charge in [0.25, 0.3) is 0 Å². The van der Waals surface area contributed by atoms with Crippen LogP contribution in [0.15, 0.2) is 54.6 Å². The third-order valence-electron chi connectivity index (χ3n) is 3.36. The molecular formula is C18H19NO3S. The molecule has 0 saturated heterocycles. The molecule has 5 heteroatoms. The van der Waals surface area contributed by atoms with E-state index in [1.54, 1.807) is 24.1 Å². The Kier molecular flexibility index (Phi) is 6.23. The number of benzene rings is 2. The van der Waals surface area contributed by atoms with Crippen LogP contribution in [0.3, 0.4) is 0 Å². The van der Waals surface area contributed by atoms with Gasteiger partial charge in [-0.3, -0.25) is 4.79 Å². The summed E-state index contributed by atoms with van der Waals surface area (Å²) in [4.78, 5) is 25.3. The zero-order chi connectivity index (χ0) is 16.7. The van der Waals surface area contributed by atoms with Gasteiger partial charge in [0, 0.05) is 18.5 Å². The standard InChI is InChI=1S/C18H19NO3S/c1-19(16-9-4-3-5-10-16)17(20)13-23-12-14-7-6-8-15(11-14)18(21)22-2/h3-11H,12-13H2,1-2H3. The molecule has 0 aromatic heterocycles. The van der Waals surface area contributed by atoms with E-state index in [4.69, 9.17) is 4.74 Å². The third kappa shape index (κ3) is 4.86. The van der Waals surface area contributed by atoms with Crippen molar-refractivity contribution in [1.82, 2.24) is 0 Å². The molecule has 0 aliphatic rings. The number of methoxy groups -OCH3 is 1. The molecule has 0 heterocycles. The second-order valence-corrected chi connectivity index (χ2v) is 5.96. The minimum absolute atomic E-state index is 0.0466. The van der Waals surface area contributed by atoms with Gasteiger partial charge in [0.1, 0.15) is 0 Å². The topological polar surface area (TPSA) is 46.6 Å². The van der Waals surface area contributed by atoms with Crippen molar-refractivity contribution in [2.24, 2.45) is 0 Å². The summed E-state index contributed by atoms with van der Waals surface area (Å²) < 4.78 is 4.71. The van der Waals surface area contributed by atoms with Gasteiger partial charge >= 0.3 is 5.97 Å². The van der Waals surface area contributed by atoms with E-state index in [0.29, 0.717) is 17.1 Å². The Morgan fingerprint density at radius 1 is 1.09 bits per heavy atom. The van der Waals surface area contributed by atoms with Gasteiger partial charge in [0.2, 0.25) is 5.91 Å². The number of amides is 1. The van der Waals surface area contributed by atoms with Crippen LogP contribution in [0.5, 0.6) is 0 Å². The molecule has 2 aromatic rings. The van der Waals surface area contributed by atoms with E-state index in [2.05, 4.69) is 0 Å². The minimum Gasteiger partial charge on any atom is -0.465 e. The minimum atomic E-state index is -0.350. The van der Waals surface area contributed by atoms with Crippen molar-refractivity contribution in [3.8, 4) is 0 Å². The zero-order valence-corrected chi connectivity index (χ0v) is 14.0. The van der Waals surface area contributed by atoms with Crippen LogP contribution in [-0.2, 0) is 15.3 Å². The fraction of sp³-hybridized carbons (Fsp3) is 0.222. The van der Waals surface area contributed by atoms with Gasteiger partial charge in [0.15, 0.2) is 0 Å². The maximum absolute atomic E-state index is 12.2. The van der Waals surface area contributed by atoms with Crippen LogP contribution in [0.1, 0.15) is 15.9 Å². The highest BCUT2D eigenvalue weighted by Gasteiger charge is 2.11. The monoisotopic (exact) mass is 329 g/mol. The first-order valence-electron chi connectivity index (χ1n) is 7.18. The molecule has 0 atom stereocenters. The highest BCUT2D eigenvalue weighted by Crippen LogP contribution is 2.17. The van der Waals surface area contributed by atoms with Crippen molar-refractivity contribution >= 4 is 29.3 Å². The van der Waals surface area contributed by atoms with Crippen LogP contribution in [0.25, 0.3) is 0 Å². The lowest BCUT2D eigenvalue weighted by molar-refractivity contribution is -0.115. The molecule has 23 heavy (non-hydrogen) atoms. The summed E-state index contributed by atoms with van der Waals surface area (Å²) in [6.07, 6.45) is 0. The van der Waals surface area contributed by atoms with E-state index in [1.807, 2.05) is 42.5 Å². The van der Waals surface area contributed by atoms with Crippen LogP contribution in [-0.4, -0.2) is 31.8 Å².